The van der Waals surface area contributed by atoms with Gasteiger partial charge in [-0.05, 0) is 51.0 Å². The molecule has 0 bridgehead atoms. The van der Waals surface area contributed by atoms with E-state index in [4.69, 9.17) is 4.98 Å². The molecule has 1 aromatic carbocycles. The zero-order chi connectivity index (χ0) is 20.9. The van der Waals surface area contributed by atoms with Crippen LogP contribution in [0.25, 0.3) is 11.0 Å². The highest BCUT2D eigenvalue weighted by Gasteiger charge is 2.16. The molecule has 158 valence electrons. The average molecular weight is 425 g/mol. The number of fused-ring (bicyclic) bond motifs is 1. The van der Waals surface area contributed by atoms with Crippen LogP contribution < -0.4 is 10.6 Å². The molecule has 1 aliphatic rings. The lowest BCUT2D eigenvalue weighted by molar-refractivity contribution is 0.244. The smallest absolute Gasteiger partial charge is 0.319 e. The molecular weight excluding hydrogens is 396 g/mol. The van der Waals surface area contributed by atoms with Crippen LogP contribution in [0.5, 0.6) is 0 Å². The molecule has 1 aliphatic carbocycles. The third kappa shape index (κ3) is 4.92. The highest BCUT2D eigenvalue weighted by atomic mass is 32.2. The first-order chi connectivity index (χ1) is 14.6. The molecule has 2 aromatic heterocycles. The van der Waals surface area contributed by atoms with Crippen LogP contribution in [0.3, 0.4) is 0 Å². The summed E-state index contributed by atoms with van der Waals surface area (Å²) in [7, 11) is 0. The van der Waals surface area contributed by atoms with Gasteiger partial charge in [-0.3, -0.25) is 0 Å². The third-order valence-electron chi connectivity index (χ3n) is 5.44. The Morgan fingerprint density at radius 2 is 2.03 bits per heavy atom. The molecular formula is C22H28N6OS. The zero-order valence-electron chi connectivity index (χ0n) is 17.5. The molecule has 3 aromatic rings. The second-order valence-corrected chi connectivity index (χ2v) is 8.62. The fourth-order valence-electron chi connectivity index (χ4n) is 3.94. The Bertz CT molecular complexity index is 1030. The van der Waals surface area contributed by atoms with E-state index in [2.05, 4.69) is 32.1 Å². The minimum Gasteiger partial charge on any atom is -0.335 e. The normalized spacial score (nSPS) is 14.7. The van der Waals surface area contributed by atoms with E-state index in [0.29, 0.717) is 5.75 Å². The van der Waals surface area contributed by atoms with Gasteiger partial charge in [0, 0.05) is 30.2 Å². The van der Waals surface area contributed by atoms with E-state index in [1.54, 1.807) is 18.0 Å². The molecule has 2 heterocycles. The van der Waals surface area contributed by atoms with Gasteiger partial charge in [0.05, 0.1) is 16.8 Å². The summed E-state index contributed by atoms with van der Waals surface area (Å²) in [5.74, 6) is 1.67. The number of aryl methyl sites for hydroxylation is 2. The number of anilines is 1. The van der Waals surface area contributed by atoms with E-state index in [-0.39, 0.29) is 12.1 Å². The van der Waals surface area contributed by atoms with Crippen LogP contribution in [0.15, 0.2) is 35.6 Å². The molecule has 1 saturated carbocycles. The van der Waals surface area contributed by atoms with Crippen LogP contribution in [0, 0.1) is 6.92 Å². The minimum absolute atomic E-state index is 0.136. The molecule has 7 nitrogen and oxygen atoms in total. The molecule has 0 aliphatic heterocycles. The van der Waals surface area contributed by atoms with Crippen molar-refractivity contribution in [1.29, 1.82) is 0 Å². The number of urea groups is 1. The Kier molecular flexibility index (Phi) is 6.52. The number of hydrogen-bond donors (Lipinski definition) is 2. The van der Waals surface area contributed by atoms with Gasteiger partial charge in [0.25, 0.3) is 0 Å². The van der Waals surface area contributed by atoms with Crippen molar-refractivity contribution < 1.29 is 4.79 Å². The maximum atomic E-state index is 12.4. The Labute approximate surface area is 181 Å². The molecule has 0 unspecified atom stereocenters. The van der Waals surface area contributed by atoms with Gasteiger partial charge in [0.2, 0.25) is 0 Å². The highest BCUT2D eigenvalue weighted by Crippen LogP contribution is 2.25. The van der Waals surface area contributed by atoms with Crippen molar-refractivity contribution in [1.82, 2.24) is 24.8 Å². The Balaban J connectivity index is 1.46. The van der Waals surface area contributed by atoms with Gasteiger partial charge in [0.1, 0.15) is 5.82 Å². The lowest BCUT2D eigenvalue weighted by atomic mass is 9.96. The SMILES string of the molecule is CCn1c(CSc2nccc(C)n2)nc2cc(NC(=O)NC3CCCCC3)ccc21. The van der Waals surface area contributed by atoms with Gasteiger partial charge in [-0.2, -0.15) is 0 Å². The zero-order valence-corrected chi connectivity index (χ0v) is 18.3. The Hall–Kier alpha value is -2.61. The molecule has 8 heteroatoms. The van der Waals surface area contributed by atoms with E-state index < -0.39 is 0 Å². The van der Waals surface area contributed by atoms with Crippen molar-refractivity contribution in [2.75, 3.05) is 5.32 Å². The standard InChI is InChI=1S/C22H28N6OS/c1-3-28-19-10-9-17(26-21(29)25-16-7-5-4-6-8-16)13-18(19)27-20(28)14-30-22-23-12-11-15(2)24-22/h9-13,16H,3-8,14H2,1-2H3,(H2,25,26,29). The van der Waals surface area contributed by atoms with Crippen molar-refractivity contribution in [2.45, 2.75) is 69.4 Å². The van der Waals surface area contributed by atoms with Crippen molar-refractivity contribution in [3.8, 4) is 0 Å². The summed E-state index contributed by atoms with van der Waals surface area (Å²) in [5.41, 5.74) is 3.67. The van der Waals surface area contributed by atoms with Crippen molar-refractivity contribution in [2.24, 2.45) is 0 Å². The van der Waals surface area contributed by atoms with Crippen LogP contribution in [-0.4, -0.2) is 31.6 Å². The fraction of sp³-hybridized carbons (Fsp3) is 0.455. The van der Waals surface area contributed by atoms with Gasteiger partial charge < -0.3 is 15.2 Å². The summed E-state index contributed by atoms with van der Waals surface area (Å²) in [6.07, 6.45) is 7.58. The quantitative estimate of drug-likeness (QED) is 0.434. The number of carbonyl (C=O) groups excluding carboxylic acids is 1. The van der Waals surface area contributed by atoms with E-state index in [9.17, 15) is 4.79 Å². The number of thioether (sulfide) groups is 1. The van der Waals surface area contributed by atoms with Gasteiger partial charge in [0.15, 0.2) is 5.16 Å². The van der Waals surface area contributed by atoms with Crippen molar-refractivity contribution in [3.63, 3.8) is 0 Å². The van der Waals surface area contributed by atoms with E-state index in [1.807, 2.05) is 31.2 Å². The predicted octanol–water partition coefficient (Wildman–Crippen LogP) is 4.90. The van der Waals surface area contributed by atoms with E-state index >= 15 is 0 Å². The molecule has 0 radical (unpaired) electrons. The largest absolute Gasteiger partial charge is 0.335 e. The summed E-state index contributed by atoms with van der Waals surface area (Å²) >= 11 is 1.58. The average Bonchev–Trinajstić information content (AvgIpc) is 3.09. The van der Waals surface area contributed by atoms with Crippen LogP contribution in [0.4, 0.5) is 10.5 Å². The number of nitrogens with zero attached hydrogens (tertiary/aromatic N) is 4. The summed E-state index contributed by atoms with van der Waals surface area (Å²) in [6, 6.07) is 7.96. The Morgan fingerprint density at radius 1 is 1.20 bits per heavy atom. The van der Waals surface area contributed by atoms with Crippen LogP contribution >= 0.6 is 11.8 Å². The first-order valence-corrected chi connectivity index (χ1v) is 11.6. The number of nitrogens with one attached hydrogen (secondary N) is 2. The van der Waals surface area contributed by atoms with E-state index in [0.717, 1.165) is 52.8 Å². The lowest BCUT2D eigenvalue weighted by Gasteiger charge is -2.22. The molecule has 2 N–H and O–H groups in total. The molecule has 0 spiro atoms. The number of imidazole rings is 1. The molecule has 4 rings (SSSR count). The maximum absolute atomic E-state index is 12.4. The fourth-order valence-corrected chi connectivity index (χ4v) is 4.77. The molecule has 0 saturated heterocycles. The van der Waals surface area contributed by atoms with Crippen molar-refractivity contribution in [3.05, 3.63) is 42.0 Å². The summed E-state index contributed by atoms with van der Waals surface area (Å²) in [4.78, 5) is 26.0. The second kappa shape index (κ2) is 9.47. The number of amides is 2. The van der Waals surface area contributed by atoms with Gasteiger partial charge >= 0.3 is 6.03 Å². The van der Waals surface area contributed by atoms with Gasteiger partial charge in [-0.1, -0.05) is 31.0 Å². The summed E-state index contributed by atoms with van der Waals surface area (Å²) in [6.45, 7) is 4.91. The lowest BCUT2D eigenvalue weighted by Crippen LogP contribution is -2.38. The number of carbonyl (C=O) groups is 1. The second-order valence-electron chi connectivity index (χ2n) is 7.68. The topological polar surface area (TPSA) is 84.7 Å². The van der Waals surface area contributed by atoms with Crippen LogP contribution in [0.1, 0.15) is 50.5 Å². The van der Waals surface area contributed by atoms with Crippen LogP contribution in [0.2, 0.25) is 0 Å². The molecule has 1 fully saturated rings. The number of rotatable bonds is 6. The first-order valence-electron chi connectivity index (χ1n) is 10.6. The summed E-state index contributed by atoms with van der Waals surface area (Å²) < 4.78 is 2.20. The number of benzene rings is 1. The van der Waals surface area contributed by atoms with Crippen molar-refractivity contribution >= 4 is 34.5 Å². The minimum atomic E-state index is -0.136. The van der Waals surface area contributed by atoms with E-state index in [1.165, 1.54) is 19.3 Å². The van der Waals surface area contributed by atoms with Gasteiger partial charge in [-0.25, -0.2) is 19.7 Å². The van der Waals surface area contributed by atoms with Gasteiger partial charge in [-0.15, -0.1) is 0 Å². The van der Waals surface area contributed by atoms with Crippen LogP contribution in [-0.2, 0) is 12.3 Å². The molecule has 2 amide bonds. The molecule has 30 heavy (non-hydrogen) atoms. The number of hydrogen-bond acceptors (Lipinski definition) is 5. The number of aromatic nitrogens is 4. The molecule has 0 atom stereocenters. The maximum Gasteiger partial charge on any atom is 0.319 e. The highest BCUT2D eigenvalue weighted by molar-refractivity contribution is 7.98. The first kappa shape index (κ1) is 20.7. The Morgan fingerprint density at radius 3 is 2.80 bits per heavy atom. The predicted molar refractivity (Wildman–Crippen MR) is 121 cm³/mol. The monoisotopic (exact) mass is 424 g/mol. The third-order valence-corrected chi connectivity index (χ3v) is 6.30. The summed E-state index contributed by atoms with van der Waals surface area (Å²) in [5, 5.41) is 6.82.